The van der Waals surface area contributed by atoms with Crippen molar-refractivity contribution in [2.24, 2.45) is 0 Å². The van der Waals surface area contributed by atoms with Crippen molar-refractivity contribution in [3.05, 3.63) is 52.8 Å². The molecule has 0 radical (unpaired) electrons. The quantitative estimate of drug-likeness (QED) is 0.677. The Balaban J connectivity index is 1.85. The molecule has 6 nitrogen and oxygen atoms in total. The van der Waals surface area contributed by atoms with E-state index in [4.69, 9.17) is 0 Å². The number of sulfonamides is 1. The first-order chi connectivity index (χ1) is 12.6. The van der Waals surface area contributed by atoms with E-state index in [2.05, 4.69) is 15.9 Å². The van der Waals surface area contributed by atoms with E-state index < -0.39 is 19.9 Å². The third-order valence-corrected chi connectivity index (χ3v) is 8.38. The predicted molar refractivity (Wildman–Crippen MR) is 105 cm³/mol. The van der Waals surface area contributed by atoms with Gasteiger partial charge in [-0.3, -0.25) is 0 Å². The Morgan fingerprint density at radius 2 is 1.59 bits per heavy atom. The number of nitrogens with zero attached hydrogens (tertiary/aromatic N) is 2. The molecule has 1 fully saturated rings. The highest BCUT2D eigenvalue weighted by Crippen LogP contribution is 2.29. The van der Waals surface area contributed by atoms with Crippen LogP contribution in [0, 0.1) is 5.82 Å². The van der Waals surface area contributed by atoms with Gasteiger partial charge in [0.05, 0.1) is 15.5 Å². The molecule has 1 saturated heterocycles. The lowest BCUT2D eigenvalue weighted by Gasteiger charge is -2.35. The molecule has 1 aliphatic heterocycles. The molecule has 27 heavy (non-hydrogen) atoms. The fraction of sp³-hybridized carbons (Fsp3) is 0.294. The van der Waals surface area contributed by atoms with Gasteiger partial charge in [-0.1, -0.05) is 12.1 Å². The molecule has 0 saturated carbocycles. The molecular formula is C17H18BrFN2O4S2. The third kappa shape index (κ3) is 4.18. The minimum absolute atomic E-state index is 0.0609. The molecule has 10 heteroatoms. The molecule has 2 aromatic carbocycles. The smallest absolute Gasteiger partial charge is 0.244 e. The molecule has 0 aromatic heterocycles. The standard InChI is InChI=1S/C17H18BrFN2O4S2/c1-26(22,23)13-6-7-14(18)17(12-13)27(24,25)21-10-8-20(9-11-21)16-5-3-2-4-15(16)19/h2-7,12H,8-11H2,1H3. The Labute approximate surface area is 166 Å². The Kier molecular flexibility index (Phi) is 5.62. The van der Waals surface area contributed by atoms with Crippen molar-refractivity contribution in [1.82, 2.24) is 4.31 Å². The van der Waals surface area contributed by atoms with E-state index in [1.165, 1.54) is 22.5 Å². The molecule has 3 rings (SSSR count). The average molecular weight is 477 g/mol. The Bertz CT molecular complexity index is 1070. The number of rotatable bonds is 4. The summed E-state index contributed by atoms with van der Waals surface area (Å²) in [6.07, 6.45) is 1.03. The summed E-state index contributed by atoms with van der Waals surface area (Å²) in [5.74, 6) is -0.350. The maximum absolute atomic E-state index is 13.9. The fourth-order valence-corrected chi connectivity index (χ4v) is 6.02. The SMILES string of the molecule is CS(=O)(=O)c1ccc(Br)c(S(=O)(=O)N2CCN(c3ccccc3F)CC2)c1. The third-order valence-electron chi connectivity index (χ3n) is 4.38. The summed E-state index contributed by atoms with van der Waals surface area (Å²) in [5, 5.41) is 0. The largest absolute Gasteiger partial charge is 0.367 e. The fourth-order valence-electron chi connectivity index (χ4n) is 2.93. The highest BCUT2D eigenvalue weighted by Gasteiger charge is 2.31. The number of hydrogen-bond donors (Lipinski definition) is 0. The molecule has 2 aromatic rings. The van der Waals surface area contributed by atoms with Crippen LogP contribution in [-0.2, 0) is 19.9 Å². The minimum atomic E-state index is -3.89. The first-order valence-electron chi connectivity index (χ1n) is 8.10. The molecule has 0 atom stereocenters. The van der Waals surface area contributed by atoms with Crippen LogP contribution in [0.25, 0.3) is 0 Å². The van der Waals surface area contributed by atoms with E-state index in [9.17, 15) is 21.2 Å². The highest BCUT2D eigenvalue weighted by atomic mass is 79.9. The monoisotopic (exact) mass is 476 g/mol. The van der Waals surface area contributed by atoms with Crippen molar-refractivity contribution in [2.45, 2.75) is 9.79 Å². The maximum Gasteiger partial charge on any atom is 0.244 e. The molecule has 146 valence electrons. The number of para-hydroxylation sites is 1. The van der Waals surface area contributed by atoms with Gasteiger partial charge < -0.3 is 4.90 Å². The van der Waals surface area contributed by atoms with Crippen LogP contribution in [0.5, 0.6) is 0 Å². The number of hydrogen-bond acceptors (Lipinski definition) is 5. The zero-order chi connectivity index (χ0) is 19.8. The second-order valence-corrected chi connectivity index (χ2v) is 11.0. The minimum Gasteiger partial charge on any atom is -0.367 e. The van der Waals surface area contributed by atoms with E-state index in [-0.39, 0.29) is 28.7 Å². The summed E-state index contributed by atoms with van der Waals surface area (Å²) in [6.45, 7) is 1.02. The van der Waals surface area contributed by atoms with Gasteiger partial charge in [-0.2, -0.15) is 4.31 Å². The molecule has 0 unspecified atom stereocenters. The predicted octanol–water partition coefficient (Wildman–Crippen LogP) is 2.50. The normalized spacial score (nSPS) is 16.5. The van der Waals surface area contributed by atoms with Crippen molar-refractivity contribution in [3.8, 4) is 0 Å². The van der Waals surface area contributed by atoms with E-state index >= 15 is 0 Å². The number of halogens is 2. The van der Waals surface area contributed by atoms with Crippen molar-refractivity contribution in [3.63, 3.8) is 0 Å². The van der Waals surface area contributed by atoms with Gasteiger partial charge in [-0.15, -0.1) is 0 Å². The van der Waals surface area contributed by atoms with Crippen molar-refractivity contribution >= 4 is 41.5 Å². The Morgan fingerprint density at radius 1 is 0.963 bits per heavy atom. The summed E-state index contributed by atoms with van der Waals surface area (Å²) in [6, 6.07) is 10.3. The van der Waals surface area contributed by atoms with Crippen LogP contribution in [0.2, 0.25) is 0 Å². The summed E-state index contributed by atoms with van der Waals surface area (Å²) < 4.78 is 65.1. The number of benzene rings is 2. The zero-order valence-corrected chi connectivity index (χ0v) is 17.7. The summed E-state index contributed by atoms with van der Waals surface area (Å²) in [7, 11) is -7.43. The molecule has 0 amide bonds. The molecule has 0 aliphatic carbocycles. The Morgan fingerprint density at radius 3 is 2.19 bits per heavy atom. The van der Waals surface area contributed by atoms with E-state index in [1.54, 1.807) is 23.1 Å². The number of anilines is 1. The van der Waals surface area contributed by atoms with Crippen LogP contribution in [0.3, 0.4) is 0 Å². The average Bonchev–Trinajstić information content (AvgIpc) is 2.61. The zero-order valence-electron chi connectivity index (χ0n) is 14.5. The second kappa shape index (κ2) is 7.50. The lowest BCUT2D eigenvalue weighted by molar-refractivity contribution is 0.383. The van der Waals surface area contributed by atoms with Crippen LogP contribution >= 0.6 is 15.9 Å². The lowest BCUT2D eigenvalue weighted by atomic mass is 10.2. The van der Waals surface area contributed by atoms with Crippen molar-refractivity contribution in [1.29, 1.82) is 0 Å². The first kappa shape index (κ1) is 20.2. The van der Waals surface area contributed by atoms with Crippen LogP contribution in [0.4, 0.5) is 10.1 Å². The molecule has 1 heterocycles. The second-order valence-electron chi connectivity index (χ2n) is 6.21. The molecule has 0 bridgehead atoms. The van der Waals surface area contributed by atoms with Crippen LogP contribution < -0.4 is 4.90 Å². The highest BCUT2D eigenvalue weighted by molar-refractivity contribution is 9.10. The van der Waals surface area contributed by atoms with Gasteiger partial charge in [0.1, 0.15) is 5.82 Å². The summed E-state index contributed by atoms with van der Waals surface area (Å²) in [4.78, 5) is 1.64. The molecule has 1 aliphatic rings. The van der Waals surface area contributed by atoms with E-state index in [0.29, 0.717) is 23.2 Å². The summed E-state index contributed by atoms with van der Waals surface area (Å²) in [5.41, 5.74) is 0.440. The van der Waals surface area contributed by atoms with Gasteiger partial charge in [-0.05, 0) is 46.3 Å². The Hall–Kier alpha value is -1.49. The van der Waals surface area contributed by atoms with Gasteiger partial charge in [0.2, 0.25) is 10.0 Å². The van der Waals surface area contributed by atoms with Crippen molar-refractivity contribution in [2.75, 3.05) is 37.3 Å². The van der Waals surface area contributed by atoms with Crippen LogP contribution in [0.1, 0.15) is 0 Å². The van der Waals surface area contributed by atoms with Gasteiger partial charge in [0, 0.05) is 36.9 Å². The van der Waals surface area contributed by atoms with E-state index in [1.807, 2.05) is 0 Å². The van der Waals surface area contributed by atoms with Crippen LogP contribution in [0.15, 0.2) is 56.7 Å². The van der Waals surface area contributed by atoms with Gasteiger partial charge in [0.15, 0.2) is 9.84 Å². The molecule has 0 spiro atoms. The summed E-state index contributed by atoms with van der Waals surface area (Å²) >= 11 is 3.20. The maximum atomic E-state index is 13.9. The molecular weight excluding hydrogens is 459 g/mol. The molecule has 0 N–H and O–H groups in total. The van der Waals surface area contributed by atoms with E-state index in [0.717, 1.165) is 12.3 Å². The van der Waals surface area contributed by atoms with Crippen LogP contribution in [-0.4, -0.2) is 53.6 Å². The first-order valence-corrected chi connectivity index (χ1v) is 12.2. The topological polar surface area (TPSA) is 74.8 Å². The van der Waals surface area contributed by atoms with Gasteiger partial charge >= 0.3 is 0 Å². The van der Waals surface area contributed by atoms with Crippen molar-refractivity contribution < 1.29 is 21.2 Å². The van der Waals surface area contributed by atoms with Gasteiger partial charge in [0.25, 0.3) is 0 Å². The number of piperazine rings is 1. The lowest BCUT2D eigenvalue weighted by Crippen LogP contribution is -2.49. The number of sulfone groups is 1. The van der Waals surface area contributed by atoms with Gasteiger partial charge in [-0.25, -0.2) is 21.2 Å².